The summed E-state index contributed by atoms with van der Waals surface area (Å²) in [7, 11) is 0. The first-order chi connectivity index (χ1) is 9.11. The molecule has 102 valence electrons. The fourth-order valence-electron chi connectivity index (χ4n) is 3.04. The van der Waals surface area contributed by atoms with Gasteiger partial charge < -0.3 is 15.3 Å². The molecule has 2 aliphatic heterocycles. The van der Waals surface area contributed by atoms with Crippen molar-refractivity contribution in [1.29, 1.82) is 0 Å². The Bertz CT molecular complexity index is 507. The Hall–Kier alpha value is -1.55. The van der Waals surface area contributed by atoms with Crippen LogP contribution in [0.3, 0.4) is 0 Å². The van der Waals surface area contributed by atoms with E-state index in [-0.39, 0.29) is 5.91 Å². The van der Waals surface area contributed by atoms with Crippen LogP contribution in [-0.2, 0) is 6.42 Å². The molecule has 2 N–H and O–H groups in total. The Kier molecular flexibility index (Phi) is 2.97. The molecule has 2 aliphatic rings. The summed E-state index contributed by atoms with van der Waals surface area (Å²) in [5, 5.41) is 13.4. The van der Waals surface area contributed by atoms with Gasteiger partial charge in [0.05, 0.1) is 18.7 Å². The summed E-state index contributed by atoms with van der Waals surface area (Å²) in [6.07, 6.45) is 2.74. The molecule has 1 aromatic carbocycles. The second-order valence-corrected chi connectivity index (χ2v) is 5.68. The van der Waals surface area contributed by atoms with Gasteiger partial charge >= 0.3 is 0 Å². The van der Waals surface area contributed by atoms with Crippen LogP contribution in [0, 0.1) is 0 Å². The van der Waals surface area contributed by atoms with Gasteiger partial charge in [-0.1, -0.05) is 19.4 Å². The minimum Gasteiger partial charge on any atom is -0.386 e. The van der Waals surface area contributed by atoms with Crippen LogP contribution in [-0.4, -0.2) is 41.1 Å². The Morgan fingerprint density at radius 2 is 2.26 bits per heavy atom. The second kappa shape index (κ2) is 4.53. The molecule has 3 rings (SSSR count). The maximum absolute atomic E-state index is 12.3. The van der Waals surface area contributed by atoms with Gasteiger partial charge in [-0.3, -0.25) is 4.79 Å². The Labute approximate surface area is 113 Å². The van der Waals surface area contributed by atoms with Gasteiger partial charge in [-0.25, -0.2) is 0 Å². The van der Waals surface area contributed by atoms with Gasteiger partial charge in [0, 0.05) is 17.8 Å². The monoisotopic (exact) mass is 260 g/mol. The SMILES string of the molecule is CCCC1(O)CN(C(=O)c2ccc3c(c2)NCC3)C1. The van der Waals surface area contributed by atoms with E-state index in [2.05, 4.69) is 12.2 Å². The maximum Gasteiger partial charge on any atom is 0.254 e. The molecule has 0 aliphatic carbocycles. The number of carbonyl (C=O) groups is 1. The van der Waals surface area contributed by atoms with Crippen LogP contribution in [0.1, 0.15) is 35.7 Å². The Morgan fingerprint density at radius 1 is 1.47 bits per heavy atom. The number of hydrogen-bond donors (Lipinski definition) is 2. The second-order valence-electron chi connectivity index (χ2n) is 5.68. The number of anilines is 1. The van der Waals surface area contributed by atoms with E-state index >= 15 is 0 Å². The average Bonchev–Trinajstić information content (AvgIpc) is 2.82. The molecule has 0 atom stereocenters. The first kappa shape index (κ1) is 12.5. The van der Waals surface area contributed by atoms with E-state index < -0.39 is 5.60 Å². The summed E-state index contributed by atoms with van der Waals surface area (Å²) in [6, 6.07) is 5.85. The molecule has 1 saturated heterocycles. The summed E-state index contributed by atoms with van der Waals surface area (Å²) in [4.78, 5) is 14.0. The van der Waals surface area contributed by atoms with E-state index in [0.717, 1.165) is 31.5 Å². The molecular weight excluding hydrogens is 240 g/mol. The van der Waals surface area contributed by atoms with Crippen molar-refractivity contribution in [3.05, 3.63) is 29.3 Å². The molecule has 0 bridgehead atoms. The number of amides is 1. The predicted octanol–water partition coefficient (Wildman–Crippen LogP) is 1.64. The smallest absolute Gasteiger partial charge is 0.254 e. The topological polar surface area (TPSA) is 52.6 Å². The number of nitrogens with zero attached hydrogens (tertiary/aromatic N) is 1. The van der Waals surface area contributed by atoms with E-state index in [0.29, 0.717) is 18.7 Å². The lowest BCUT2D eigenvalue weighted by atomic mass is 9.88. The summed E-state index contributed by atoms with van der Waals surface area (Å²) < 4.78 is 0. The minimum atomic E-state index is -0.653. The summed E-state index contributed by atoms with van der Waals surface area (Å²) in [6.45, 7) is 3.93. The number of rotatable bonds is 3. The molecule has 0 aromatic heterocycles. The van der Waals surface area contributed by atoms with Gasteiger partial charge in [0.2, 0.25) is 0 Å². The van der Waals surface area contributed by atoms with Crippen LogP contribution in [0.2, 0.25) is 0 Å². The van der Waals surface area contributed by atoms with Crippen molar-refractivity contribution < 1.29 is 9.90 Å². The number of likely N-dealkylation sites (tertiary alicyclic amines) is 1. The normalized spacial score (nSPS) is 19.6. The zero-order valence-corrected chi connectivity index (χ0v) is 11.3. The van der Waals surface area contributed by atoms with Crippen molar-refractivity contribution in [2.75, 3.05) is 25.0 Å². The van der Waals surface area contributed by atoms with Gasteiger partial charge in [-0.15, -0.1) is 0 Å². The molecule has 2 heterocycles. The number of β-amino-alcohol motifs (C(OH)–C–C–N with tert-alkyl or cyclic N) is 1. The third kappa shape index (κ3) is 2.21. The summed E-state index contributed by atoms with van der Waals surface area (Å²) in [5.41, 5.74) is 2.42. The van der Waals surface area contributed by atoms with Gasteiger partial charge in [-0.05, 0) is 30.5 Å². The maximum atomic E-state index is 12.3. The number of carbonyl (C=O) groups excluding carboxylic acids is 1. The number of aliphatic hydroxyl groups is 1. The molecular formula is C15H20N2O2. The highest BCUT2D eigenvalue weighted by atomic mass is 16.3. The number of fused-ring (bicyclic) bond motifs is 1. The quantitative estimate of drug-likeness (QED) is 0.868. The molecule has 0 spiro atoms. The van der Waals surface area contributed by atoms with Gasteiger partial charge in [0.25, 0.3) is 5.91 Å². The molecule has 4 nitrogen and oxygen atoms in total. The van der Waals surface area contributed by atoms with Crippen LogP contribution in [0.5, 0.6) is 0 Å². The van der Waals surface area contributed by atoms with E-state index in [1.165, 1.54) is 5.56 Å². The summed E-state index contributed by atoms with van der Waals surface area (Å²) >= 11 is 0. The first-order valence-corrected chi connectivity index (χ1v) is 7.00. The zero-order valence-electron chi connectivity index (χ0n) is 11.3. The largest absolute Gasteiger partial charge is 0.386 e. The van der Waals surface area contributed by atoms with Crippen LogP contribution >= 0.6 is 0 Å². The predicted molar refractivity (Wildman–Crippen MR) is 74.4 cm³/mol. The zero-order chi connectivity index (χ0) is 13.5. The van der Waals surface area contributed by atoms with Crippen LogP contribution < -0.4 is 5.32 Å². The molecule has 0 saturated carbocycles. The number of hydrogen-bond acceptors (Lipinski definition) is 3. The molecule has 1 fully saturated rings. The van der Waals surface area contributed by atoms with E-state index in [1.807, 2.05) is 18.2 Å². The molecule has 1 aromatic rings. The Morgan fingerprint density at radius 3 is 3.00 bits per heavy atom. The Balaban J connectivity index is 1.69. The standard InChI is InChI=1S/C15H20N2O2/c1-2-6-15(19)9-17(10-15)14(18)12-4-3-11-5-7-16-13(11)8-12/h3-4,8,16,19H,2,5-7,9-10H2,1H3. The van der Waals surface area contributed by atoms with E-state index in [4.69, 9.17) is 0 Å². The lowest BCUT2D eigenvalue weighted by molar-refractivity contribution is -0.0860. The fourth-order valence-corrected chi connectivity index (χ4v) is 3.04. The third-order valence-electron chi connectivity index (χ3n) is 4.04. The molecule has 0 unspecified atom stereocenters. The molecule has 19 heavy (non-hydrogen) atoms. The van der Waals surface area contributed by atoms with Crippen molar-refractivity contribution in [1.82, 2.24) is 4.90 Å². The van der Waals surface area contributed by atoms with Crippen LogP contribution in [0.4, 0.5) is 5.69 Å². The third-order valence-corrected chi connectivity index (χ3v) is 4.04. The number of benzene rings is 1. The van der Waals surface area contributed by atoms with E-state index in [9.17, 15) is 9.90 Å². The van der Waals surface area contributed by atoms with Crippen molar-refractivity contribution in [3.8, 4) is 0 Å². The summed E-state index contributed by atoms with van der Waals surface area (Å²) in [5.74, 6) is 0.0253. The minimum absolute atomic E-state index is 0.0253. The van der Waals surface area contributed by atoms with Crippen LogP contribution in [0.15, 0.2) is 18.2 Å². The van der Waals surface area contributed by atoms with E-state index in [1.54, 1.807) is 4.90 Å². The highest BCUT2D eigenvalue weighted by Crippen LogP contribution is 2.29. The fraction of sp³-hybridized carbons (Fsp3) is 0.533. The molecule has 0 radical (unpaired) electrons. The lowest BCUT2D eigenvalue weighted by Crippen LogP contribution is -2.63. The lowest BCUT2D eigenvalue weighted by Gasteiger charge is -2.46. The highest BCUT2D eigenvalue weighted by Gasteiger charge is 2.42. The molecule has 4 heteroatoms. The van der Waals surface area contributed by atoms with Crippen molar-refractivity contribution in [2.45, 2.75) is 31.8 Å². The van der Waals surface area contributed by atoms with Crippen molar-refractivity contribution in [3.63, 3.8) is 0 Å². The van der Waals surface area contributed by atoms with Crippen LogP contribution in [0.25, 0.3) is 0 Å². The molecule has 1 amide bonds. The van der Waals surface area contributed by atoms with Gasteiger partial charge in [0.15, 0.2) is 0 Å². The number of nitrogens with one attached hydrogen (secondary N) is 1. The van der Waals surface area contributed by atoms with Gasteiger partial charge in [-0.2, -0.15) is 0 Å². The first-order valence-electron chi connectivity index (χ1n) is 7.00. The van der Waals surface area contributed by atoms with Crippen molar-refractivity contribution >= 4 is 11.6 Å². The van der Waals surface area contributed by atoms with Gasteiger partial charge in [0.1, 0.15) is 0 Å². The average molecular weight is 260 g/mol. The highest BCUT2D eigenvalue weighted by molar-refractivity contribution is 5.96. The van der Waals surface area contributed by atoms with Crippen molar-refractivity contribution in [2.24, 2.45) is 0 Å².